The van der Waals surface area contributed by atoms with Gasteiger partial charge in [-0.05, 0) is 24.6 Å². The molecule has 1 atom stereocenters. The van der Waals surface area contributed by atoms with E-state index in [2.05, 4.69) is 22.0 Å². The predicted octanol–water partition coefficient (Wildman–Crippen LogP) is 2.55. The van der Waals surface area contributed by atoms with Crippen molar-refractivity contribution in [3.8, 4) is 0 Å². The molecule has 1 aromatic carbocycles. The molecule has 0 bridgehead atoms. The minimum Gasteiger partial charge on any atom is -0.480 e. The molecule has 0 amide bonds. The van der Waals surface area contributed by atoms with Gasteiger partial charge in [0.25, 0.3) is 0 Å². The highest BCUT2D eigenvalue weighted by Gasteiger charge is 2.29. The Kier molecular flexibility index (Phi) is 4.12. The average Bonchev–Trinajstić information content (AvgIpc) is 2.47. The molecule has 1 aliphatic rings. The molecule has 2 aromatic rings. The molecule has 2 heterocycles. The van der Waals surface area contributed by atoms with Crippen molar-refractivity contribution in [1.29, 1.82) is 0 Å². The van der Waals surface area contributed by atoms with Crippen LogP contribution in [0, 0.1) is 6.92 Å². The molecular formula is C16H18N2O2S. The molecule has 0 saturated carbocycles. The third-order valence-corrected chi connectivity index (χ3v) is 4.85. The average molecular weight is 302 g/mol. The monoisotopic (exact) mass is 302 g/mol. The van der Waals surface area contributed by atoms with Crippen LogP contribution in [0.2, 0.25) is 0 Å². The van der Waals surface area contributed by atoms with Gasteiger partial charge in [0.15, 0.2) is 0 Å². The number of benzene rings is 1. The number of aryl methyl sites for hydroxylation is 1. The summed E-state index contributed by atoms with van der Waals surface area (Å²) in [7, 11) is 0. The Morgan fingerprint density at radius 3 is 3.10 bits per heavy atom. The van der Waals surface area contributed by atoms with E-state index in [-0.39, 0.29) is 0 Å². The molecule has 5 heteroatoms. The van der Waals surface area contributed by atoms with Crippen molar-refractivity contribution in [2.45, 2.75) is 19.5 Å². The number of carboxylic acid groups (broad SMARTS) is 1. The Balaban J connectivity index is 1.95. The maximum atomic E-state index is 11.4. The largest absolute Gasteiger partial charge is 0.480 e. The number of nitrogens with zero attached hydrogens (tertiary/aromatic N) is 2. The second-order valence-corrected chi connectivity index (χ2v) is 6.49. The predicted molar refractivity (Wildman–Crippen MR) is 85.6 cm³/mol. The first kappa shape index (κ1) is 14.4. The van der Waals surface area contributed by atoms with Crippen molar-refractivity contribution in [3.05, 3.63) is 41.6 Å². The Labute approximate surface area is 128 Å². The van der Waals surface area contributed by atoms with E-state index >= 15 is 0 Å². The minimum absolute atomic E-state index is 0.393. The molecule has 110 valence electrons. The minimum atomic E-state index is -0.725. The van der Waals surface area contributed by atoms with E-state index in [1.54, 1.807) is 11.8 Å². The fourth-order valence-corrected chi connectivity index (χ4v) is 3.91. The number of hydrogen-bond acceptors (Lipinski definition) is 4. The van der Waals surface area contributed by atoms with Crippen molar-refractivity contribution in [3.63, 3.8) is 0 Å². The van der Waals surface area contributed by atoms with Crippen LogP contribution in [0.4, 0.5) is 0 Å². The van der Waals surface area contributed by atoms with Crippen LogP contribution in [0.25, 0.3) is 10.9 Å². The first-order valence-corrected chi connectivity index (χ1v) is 8.20. The Hall–Kier alpha value is -1.59. The Morgan fingerprint density at radius 2 is 2.29 bits per heavy atom. The molecule has 4 nitrogen and oxygen atoms in total. The van der Waals surface area contributed by atoms with Gasteiger partial charge in [0.05, 0.1) is 5.52 Å². The van der Waals surface area contributed by atoms with Crippen LogP contribution in [-0.4, -0.2) is 45.1 Å². The lowest BCUT2D eigenvalue weighted by Gasteiger charge is -2.32. The van der Waals surface area contributed by atoms with Crippen LogP contribution in [0.3, 0.4) is 0 Å². The van der Waals surface area contributed by atoms with Gasteiger partial charge in [-0.3, -0.25) is 14.7 Å². The number of aromatic nitrogens is 1. The maximum absolute atomic E-state index is 11.4. The molecule has 1 fully saturated rings. The number of hydrogen-bond donors (Lipinski definition) is 1. The van der Waals surface area contributed by atoms with Crippen LogP contribution in [0.1, 0.15) is 11.3 Å². The summed E-state index contributed by atoms with van der Waals surface area (Å²) in [5, 5.41) is 10.5. The molecule has 1 N–H and O–H groups in total. The number of carboxylic acids is 1. The normalized spacial score (nSPS) is 19.8. The molecule has 0 spiro atoms. The first-order valence-electron chi connectivity index (χ1n) is 7.05. The zero-order valence-electron chi connectivity index (χ0n) is 12.0. The van der Waals surface area contributed by atoms with Crippen LogP contribution < -0.4 is 0 Å². The summed E-state index contributed by atoms with van der Waals surface area (Å²) in [4.78, 5) is 18.0. The maximum Gasteiger partial charge on any atom is 0.321 e. The number of pyridine rings is 1. The second kappa shape index (κ2) is 6.03. The van der Waals surface area contributed by atoms with Gasteiger partial charge >= 0.3 is 5.97 Å². The number of aliphatic carboxylic acids is 1. The van der Waals surface area contributed by atoms with Gasteiger partial charge in [0, 0.05) is 35.7 Å². The summed E-state index contributed by atoms with van der Waals surface area (Å²) in [5.74, 6) is 0.931. The SMILES string of the molecule is Cc1cc(CN2CCSCC2C(=O)O)c2ccccc2n1. The summed E-state index contributed by atoms with van der Waals surface area (Å²) in [6.45, 7) is 3.47. The highest BCUT2D eigenvalue weighted by atomic mass is 32.2. The number of carbonyl (C=O) groups is 1. The van der Waals surface area contributed by atoms with Gasteiger partial charge in [-0.1, -0.05) is 18.2 Å². The molecule has 1 unspecified atom stereocenters. The summed E-state index contributed by atoms with van der Waals surface area (Å²) < 4.78 is 0. The lowest BCUT2D eigenvalue weighted by molar-refractivity contribution is -0.142. The number of rotatable bonds is 3. The molecule has 1 aromatic heterocycles. The summed E-state index contributed by atoms with van der Waals surface area (Å²) in [5.41, 5.74) is 3.11. The smallest absolute Gasteiger partial charge is 0.321 e. The second-order valence-electron chi connectivity index (χ2n) is 5.34. The number of fused-ring (bicyclic) bond motifs is 1. The Bertz CT molecular complexity index is 674. The zero-order valence-corrected chi connectivity index (χ0v) is 12.8. The van der Waals surface area contributed by atoms with Crippen LogP contribution >= 0.6 is 11.8 Å². The van der Waals surface area contributed by atoms with Gasteiger partial charge in [0.2, 0.25) is 0 Å². The molecular weight excluding hydrogens is 284 g/mol. The lowest BCUT2D eigenvalue weighted by atomic mass is 10.1. The van der Waals surface area contributed by atoms with E-state index in [4.69, 9.17) is 0 Å². The molecule has 1 aliphatic heterocycles. The van der Waals surface area contributed by atoms with Crippen molar-refractivity contribution in [2.24, 2.45) is 0 Å². The van der Waals surface area contributed by atoms with E-state index in [0.717, 1.165) is 34.5 Å². The van der Waals surface area contributed by atoms with Crippen molar-refractivity contribution in [1.82, 2.24) is 9.88 Å². The highest BCUT2D eigenvalue weighted by molar-refractivity contribution is 7.99. The van der Waals surface area contributed by atoms with Crippen LogP contribution in [-0.2, 0) is 11.3 Å². The van der Waals surface area contributed by atoms with Gasteiger partial charge in [0.1, 0.15) is 6.04 Å². The summed E-state index contributed by atoms with van der Waals surface area (Å²) in [6, 6.07) is 9.73. The molecule has 1 saturated heterocycles. The zero-order chi connectivity index (χ0) is 14.8. The van der Waals surface area contributed by atoms with E-state index in [1.165, 1.54) is 0 Å². The quantitative estimate of drug-likeness (QED) is 0.944. The topological polar surface area (TPSA) is 53.4 Å². The highest BCUT2D eigenvalue weighted by Crippen LogP contribution is 2.24. The molecule has 21 heavy (non-hydrogen) atoms. The van der Waals surface area contributed by atoms with E-state index in [0.29, 0.717) is 12.3 Å². The molecule has 0 radical (unpaired) electrons. The van der Waals surface area contributed by atoms with Gasteiger partial charge in [-0.15, -0.1) is 0 Å². The standard InChI is InChI=1S/C16H18N2O2S/c1-11-8-12(13-4-2-3-5-14(13)17-11)9-18-6-7-21-10-15(18)16(19)20/h2-5,8,15H,6-7,9-10H2,1H3,(H,19,20). The van der Waals surface area contributed by atoms with E-state index < -0.39 is 12.0 Å². The van der Waals surface area contributed by atoms with Crippen LogP contribution in [0.5, 0.6) is 0 Å². The number of thioether (sulfide) groups is 1. The Morgan fingerprint density at radius 1 is 1.48 bits per heavy atom. The van der Waals surface area contributed by atoms with Gasteiger partial charge < -0.3 is 5.11 Å². The number of para-hydroxylation sites is 1. The van der Waals surface area contributed by atoms with Crippen molar-refractivity contribution in [2.75, 3.05) is 18.1 Å². The van der Waals surface area contributed by atoms with E-state index in [1.807, 2.05) is 25.1 Å². The molecule has 0 aliphatic carbocycles. The fraction of sp³-hybridized carbons (Fsp3) is 0.375. The summed E-state index contributed by atoms with van der Waals surface area (Å²) in [6.07, 6.45) is 0. The van der Waals surface area contributed by atoms with Gasteiger partial charge in [-0.2, -0.15) is 11.8 Å². The molecule has 3 rings (SSSR count). The van der Waals surface area contributed by atoms with Crippen molar-refractivity contribution >= 4 is 28.6 Å². The third-order valence-electron chi connectivity index (χ3n) is 3.83. The van der Waals surface area contributed by atoms with Gasteiger partial charge in [-0.25, -0.2) is 0 Å². The summed E-state index contributed by atoms with van der Waals surface area (Å²) >= 11 is 1.72. The third kappa shape index (κ3) is 3.04. The first-order chi connectivity index (χ1) is 10.1. The van der Waals surface area contributed by atoms with Crippen molar-refractivity contribution < 1.29 is 9.90 Å². The lowest BCUT2D eigenvalue weighted by Crippen LogP contribution is -2.46. The fourth-order valence-electron chi connectivity index (χ4n) is 2.80. The van der Waals surface area contributed by atoms with E-state index in [9.17, 15) is 9.90 Å². The van der Waals surface area contributed by atoms with Crippen LogP contribution in [0.15, 0.2) is 30.3 Å².